The van der Waals surface area contributed by atoms with Crippen LogP contribution in [0, 0.1) is 0 Å². The Balaban J connectivity index is 2.40. The normalized spacial score (nSPS) is 11.5. The van der Waals surface area contributed by atoms with Gasteiger partial charge in [-0.3, -0.25) is 9.36 Å². The van der Waals surface area contributed by atoms with Crippen molar-refractivity contribution in [1.29, 1.82) is 0 Å². The highest BCUT2D eigenvalue weighted by atomic mass is 32.1. The molecule has 3 nitrogen and oxygen atoms in total. The van der Waals surface area contributed by atoms with Crippen LogP contribution in [0.4, 0.5) is 0 Å². The van der Waals surface area contributed by atoms with E-state index in [0.29, 0.717) is 12.3 Å². The summed E-state index contributed by atoms with van der Waals surface area (Å²) in [5.74, 6) is 0.684. The van der Waals surface area contributed by atoms with Crippen molar-refractivity contribution >= 4 is 34.2 Å². The van der Waals surface area contributed by atoms with Crippen molar-refractivity contribution in [2.75, 3.05) is 5.75 Å². The topological polar surface area (TPSA) is 34.9 Å². The van der Waals surface area contributed by atoms with Gasteiger partial charge < -0.3 is 0 Å². The highest BCUT2D eigenvalue weighted by Crippen LogP contribution is 2.12. The Morgan fingerprint density at radius 1 is 1.53 bits per heavy atom. The predicted octanol–water partition coefficient (Wildman–Crippen LogP) is 1.94. The van der Waals surface area contributed by atoms with E-state index >= 15 is 0 Å². The lowest BCUT2D eigenvalue weighted by molar-refractivity contribution is 0.768. The first-order chi connectivity index (χ1) is 7.33. The fraction of sp³-hybridized carbons (Fsp3) is 0.200. The molecule has 78 valence electrons. The predicted molar refractivity (Wildman–Crippen MR) is 66.9 cm³/mol. The smallest absolute Gasteiger partial charge is 0.271 e. The van der Waals surface area contributed by atoms with Gasteiger partial charge in [0.15, 0.2) is 0 Å². The van der Waals surface area contributed by atoms with Crippen LogP contribution in [-0.4, -0.2) is 15.3 Å². The number of fused-ring (bicyclic) bond motifs is 1. The summed E-state index contributed by atoms with van der Waals surface area (Å²) >= 11 is 5.49. The monoisotopic (exact) mass is 238 g/mol. The van der Waals surface area contributed by atoms with E-state index in [9.17, 15) is 4.79 Å². The van der Waals surface area contributed by atoms with Gasteiger partial charge in [0.25, 0.3) is 5.56 Å². The molecular weight excluding hydrogens is 228 g/mol. The van der Waals surface area contributed by atoms with E-state index in [1.54, 1.807) is 10.9 Å². The van der Waals surface area contributed by atoms with Crippen molar-refractivity contribution in [3.63, 3.8) is 0 Å². The molecule has 0 amide bonds. The average Bonchev–Trinajstić information content (AvgIpc) is 2.70. The minimum absolute atomic E-state index is 0.0267. The van der Waals surface area contributed by atoms with Crippen molar-refractivity contribution in [1.82, 2.24) is 9.55 Å². The third-order valence-electron chi connectivity index (χ3n) is 2.01. The Hall–Kier alpha value is -1.07. The molecule has 0 bridgehead atoms. The molecule has 0 radical (unpaired) electrons. The van der Waals surface area contributed by atoms with Gasteiger partial charge in [0.2, 0.25) is 0 Å². The zero-order valence-electron chi connectivity index (χ0n) is 7.96. The van der Waals surface area contributed by atoms with E-state index in [2.05, 4.69) is 17.6 Å². The van der Waals surface area contributed by atoms with Crippen LogP contribution in [0.1, 0.15) is 0 Å². The first kappa shape index (κ1) is 10.4. The van der Waals surface area contributed by atoms with Gasteiger partial charge in [-0.15, -0.1) is 11.3 Å². The minimum Gasteiger partial charge on any atom is -0.294 e. The van der Waals surface area contributed by atoms with Gasteiger partial charge >= 0.3 is 0 Å². The Labute approximate surface area is 96.5 Å². The highest BCUT2D eigenvalue weighted by molar-refractivity contribution is 7.80. The van der Waals surface area contributed by atoms with Crippen molar-refractivity contribution in [3.05, 3.63) is 40.3 Å². The lowest BCUT2D eigenvalue weighted by Crippen LogP contribution is -2.18. The largest absolute Gasteiger partial charge is 0.294 e. The lowest BCUT2D eigenvalue weighted by Gasteiger charge is -1.99. The van der Waals surface area contributed by atoms with E-state index in [4.69, 9.17) is 0 Å². The summed E-state index contributed by atoms with van der Waals surface area (Å²) in [5, 5.41) is 1.88. The summed E-state index contributed by atoms with van der Waals surface area (Å²) < 4.78 is 2.32. The summed E-state index contributed by atoms with van der Waals surface area (Å²) in [5.41, 5.74) is 0.804. The van der Waals surface area contributed by atoms with E-state index in [0.717, 1.165) is 10.2 Å². The molecule has 0 spiro atoms. The quantitative estimate of drug-likeness (QED) is 0.655. The first-order valence-corrected chi connectivity index (χ1v) is 6.02. The number of hydrogen-bond donors (Lipinski definition) is 1. The van der Waals surface area contributed by atoms with Crippen LogP contribution in [0.2, 0.25) is 0 Å². The van der Waals surface area contributed by atoms with Gasteiger partial charge in [0.05, 0.1) is 11.8 Å². The van der Waals surface area contributed by atoms with Crippen molar-refractivity contribution in [2.45, 2.75) is 6.54 Å². The average molecular weight is 238 g/mol. The first-order valence-electron chi connectivity index (χ1n) is 4.51. The third kappa shape index (κ3) is 2.13. The summed E-state index contributed by atoms with van der Waals surface area (Å²) in [7, 11) is 0. The van der Waals surface area contributed by atoms with Crippen molar-refractivity contribution in [3.8, 4) is 0 Å². The molecular formula is C10H10N2OS2. The number of nitrogens with zero attached hydrogens (tertiary/aromatic N) is 2. The fourth-order valence-electron chi connectivity index (χ4n) is 1.27. The number of thiol groups is 1. The summed E-state index contributed by atoms with van der Waals surface area (Å²) in [4.78, 5) is 16.1. The van der Waals surface area contributed by atoms with E-state index in [1.165, 1.54) is 11.3 Å². The molecule has 0 atom stereocenters. The number of rotatable bonds is 3. The number of aromatic nitrogens is 2. The maximum absolute atomic E-state index is 11.9. The number of hydrogen-bond acceptors (Lipinski definition) is 4. The van der Waals surface area contributed by atoms with Crippen LogP contribution in [0.3, 0.4) is 0 Å². The molecule has 0 unspecified atom stereocenters. The Bertz CT molecular complexity index is 542. The highest BCUT2D eigenvalue weighted by Gasteiger charge is 2.03. The van der Waals surface area contributed by atoms with Gasteiger partial charge in [-0.1, -0.05) is 12.2 Å². The SMILES string of the molecule is O=c1c2sccc2ncn1CC=CCS. The molecule has 2 aromatic heterocycles. The van der Waals surface area contributed by atoms with Crippen molar-refractivity contribution < 1.29 is 0 Å². The Kier molecular flexibility index (Phi) is 3.23. The molecule has 0 aliphatic heterocycles. The minimum atomic E-state index is 0.0267. The molecule has 0 aromatic carbocycles. The molecule has 15 heavy (non-hydrogen) atoms. The van der Waals surface area contributed by atoms with Crippen LogP contribution in [0.5, 0.6) is 0 Å². The van der Waals surface area contributed by atoms with Crippen LogP contribution in [-0.2, 0) is 6.54 Å². The van der Waals surface area contributed by atoms with Gasteiger partial charge in [0.1, 0.15) is 4.70 Å². The van der Waals surface area contributed by atoms with Crippen LogP contribution < -0.4 is 5.56 Å². The molecule has 2 rings (SSSR count). The lowest BCUT2D eigenvalue weighted by atomic mass is 10.4. The molecule has 0 aliphatic rings. The maximum Gasteiger partial charge on any atom is 0.271 e. The van der Waals surface area contributed by atoms with Gasteiger partial charge in [-0.2, -0.15) is 12.6 Å². The van der Waals surface area contributed by atoms with Crippen LogP contribution >= 0.6 is 24.0 Å². The fourth-order valence-corrected chi connectivity index (χ4v) is 2.21. The third-order valence-corrected chi connectivity index (χ3v) is 3.11. The van der Waals surface area contributed by atoms with Crippen LogP contribution in [0.25, 0.3) is 10.2 Å². The second-order valence-corrected chi connectivity index (χ2v) is 4.27. The maximum atomic E-state index is 11.9. The molecule has 0 aliphatic carbocycles. The summed E-state index contributed by atoms with van der Waals surface area (Å²) in [6.45, 7) is 0.556. The second-order valence-electron chi connectivity index (χ2n) is 2.99. The van der Waals surface area contributed by atoms with Gasteiger partial charge in [-0.25, -0.2) is 4.98 Å². The molecule has 0 N–H and O–H groups in total. The summed E-state index contributed by atoms with van der Waals surface area (Å²) in [6, 6.07) is 1.86. The molecule has 0 saturated heterocycles. The second kappa shape index (κ2) is 4.63. The van der Waals surface area contributed by atoms with E-state index < -0.39 is 0 Å². The molecule has 2 heterocycles. The van der Waals surface area contributed by atoms with E-state index in [-0.39, 0.29) is 5.56 Å². The zero-order valence-corrected chi connectivity index (χ0v) is 9.67. The summed E-state index contributed by atoms with van der Waals surface area (Å²) in [6.07, 6.45) is 5.41. The Morgan fingerprint density at radius 3 is 3.20 bits per heavy atom. The molecule has 2 aromatic rings. The number of thiophene rings is 1. The molecule has 5 heteroatoms. The zero-order chi connectivity index (χ0) is 10.7. The van der Waals surface area contributed by atoms with E-state index in [1.807, 2.05) is 23.6 Å². The standard InChI is InChI=1S/C10H10N2OS2/c13-10-9-8(3-6-15-9)11-7-12(10)4-1-2-5-14/h1-3,6-7,14H,4-5H2. The Morgan fingerprint density at radius 2 is 2.40 bits per heavy atom. The van der Waals surface area contributed by atoms with Crippen LogP contribution in [0.15, 0.2) is 34.7 Å². The van der Waals surface area contributed by atoms with Gasteiger partial charge in [-0.05, 0) is 11.4 Å². The van der Waals surface area contributed by atoms with Crippen molar-refractivity contribution in [2.24, 2.45) is 0 Å². The molecule has 0 fully saturated rings. The molecule has 0 saturated carbocycles. The van der Waals surface area contributed by atoms with Gasteiger partial charge in [0, 0.05) is 12.3 Å². The number of allylic oxidation sites excluding steroid dienone is 1.